The minimum atomic E-state index is -0.129. The number of hydrogen-bond donors (Lipinski definition) is 2. The quantitative estimate of drug-likeness (QED) is 0.889. The Morgan fingerprint density at radius 1 is 1.15 bits per heavy atom. The van der Waals surface area contributed by atoms with Crippen LogP contribution in [0, 0.1) is 0 Å². The first-order valence-corrected chi connectivity index (χ1v) is 6.87. The number of carbonyl (C=O) groups excluding carboxylic acids is 1. The van der Waals surface area contributed by atoms with E-state index >= 15 is 0 Å². The Morgan fingerprint density at radius 3 is 2.45 bits per heavy atom. The second-order valence-electron chi connectivity index (χ2n) is 5.05. The van der Waals surface area contributed by atoms with Crippen LogP contribution >= 0.6 is 11.6 Å². The fourth-order valence-electron chi connectivity index (χ4n) is 1.95. The van der Waals surface area contributed by atoms with Crippen LogP contribution in [-0.4, -0.2) is 20.0 Å². The Labute approximate surface area is 124 Å². The van der Waals surface area contributed by atoms with Crippen LogP contribution in [0.5, 0.6) is 0 Å². The number of amides is 1. The van der Waals surface area contributed by atoms with E-state index in [1.807, 2.05) is 30.3 Å². The van der Waals surface area contributed by atoms with Gasteiger partial charge < -0.3 is 10.2 Å². The number of halogens is 1. The minimum absolute atomic E-state index is 0.129. The SMILES string of the molecule is C[NH+](C)Cc1ccc(C(=O)Nc2cccc(Cl)c2)cc1. The first kappa shape index (κ1) is 14.6. The zero-order chi connectivity index (χ0) is 14.5. The number of quaternary nitrogens is 1. The van der Waals surface area contributed by atoms with Gasteiger partial charge in [0.15, 0.2) is 0 Å². The van der Waals surface area contributed by atoms with E-state index in [0.29, 0.717) is 16.3 Å². The van der Waals surface area contributed by atoms with Crippen LogP contribution in [0.25, 0.3) is 0 Å². The molecule has 0 fully saturated rings. The van der Waals surface area contributed by atoms with Crippen LogP contribution in [0.2, 0.25) is 5.02 Å². The largest absolute Gasteiger partial charge is 0.336 e. The summed E-state index contributed by atoms with van der Waals surface area (Å²) < 4.78 is 0. The average Bonchev–Trinajstić information content (AvgIpc) is 2.38. The lowest BCUT2D eigenvalue weighted by molar-refractivity contribution is -0.872. The molecule has 0 saturated carbocycles. The van der Waals surface area contributed by atoms with Crippen molar-refractivity contribution in [1.82, 2.24) is 0 Å². The number of rotatable bonds is 4. The van der Waals surface area contributed by atoms with Crippen molar-refractivity contribution in [3.8, 4) is 0 Å². The van der Waals surface area contributed by atoms with Crippen molar-refractivity contribution >= 4 is 23.2 Å². The van der Waals surface area contributed by atoms with Gasteiger partial charge in [-0.1, -0.05) is 29.8 Å². The first-order chi connectivity index (χ1) is 9.54. The van der Waals surface area contributed by atoms with E-state index in [2.05, 4.69) is 19.4 Å². The molecule has 0 aliphatic rings. The lowest BCUT2D eigenvalue weighted by Gasteiger charge is -2.08. The summed E-state index contributed by atoms with van der Waals surface area (Å²) in [7, 11) is 4.19. The van der Waals surface area contributed by atoms with Crippen LogP contribution < -0.4 is 10.2 Å². The zero-order valence-electron chi connectivity index (χ0n) is 11.6. The van der Waals surface area contributed by atoms with Crippen molar-refractivity contribution in [2.75, 3.05) is 19.4 Å². The molecule has 0 bridgehead atoms. The fourth-order valence-corrected chi connectivity index (χ4v) is 2.14. The van der Waals surface area contributed by atoms with Gasteiger partial charge in [0.1, 0.15) is 6.54 Å². The van der Waals surface area contributed by atoms with Crippen molar-refractivity contribution in [2.45, 2.75) is 6.54 Å². The van der Waals surface area contributed by atoms with Crippen LogP contribution in [0.3, 0.4) is 0 Å². The highest BCUT2D eigenvalue weighted by atomic mass is 35.5. The molecule has 0 spiro atoms. The monoisotopic (exact) mass is 289 g/mol. The van der Waals surface area contributed by atoms with Gasteiger partial charge in [-0.2, -0.15) is 0 Å². The Bertz CT molecular complexity index is 594. The van der Waals surface area contributed by atoms with Crippen LogP contribution in [0.1, 0.15) is 15.9 Å². The molecule has 3 nitrogen and oxygen atoms in total. The van der Waals surface area contributed by atoms with E-state index < -0.39 is 0 Å². The predicted octanol–water partition coefficient (Wildman–Crippen LogP) is 2.24. The third kappa shape index (κ3) is 4.08. The summed E-state index contributed by atoms with van der Waals surface area (Å²) in [6, 6.07) is 14.8. The molecule has 4 heteroatoms. The van der Waals surface area contributed by atoms with Gasteiger partial charge in [-0.05, 0) is 30.3 Å². The van der Waals surface area contributed by atoms with Crippen molar-refractivity contribution in [3.63, 3.8) is 0 Å². The molecule has 1 amide bonds. The second kappa shape index (κ2) is 6.55. The van der Waals surface area contributed by atoms with Gasteiger partial charge in [-0.15, -0.1) is 0 Å². The number of hydrogen-bond acceptors (Lipinski definition) is 1. The maximum atomic E-state index is 12.1. The van der Waals surface area contributed by atoms with Gasteiger partial charge in [0, 0.05) is 21.8 Å². The van der Waals surface area contributed by atoms with E-state index in [9.17, 15) is 4.79 Å². The van der Waals surface area contributed by atoms with Crippen molar-refractivity contribution in [1.29, 1.82) is 0 Å². The Balaban J connectivity index is 2.06. The lowest BCUT2D eigenvalue weighted by atomic mass is 10.1. The first-order valence-electron chi connectivity index (χ1n) is 6.49. The summed E-state index contributed by atoms with van der Waals surface area (Å²) in [6.07, 6.45) is 0. The van der Waals surface area contributed by atoms with Gasteiger partial charge in [0.05, 0.1) is 14.1 Å². The standard InChI is InChI=1S/C16H17ClN2O/c1-19(2)11-12-6-8-13(9-7-12)16(20)18-15-5-3-4-14(17)10-15/h3-10H,11H2,1-2H3,(H,18,20)/p+1. The molecule has 2 rings (SSSR count). The van der Waals surface area contributed by atoms with E-state index in [0.717, 1.165) is 6.54 Å². The Morgan fingerprint density at radius 2 is 1.85 bits per heavy atom. The van der Waals surface area contributed by atoms with Crippen molar-refractivity contribution in [3.05, 3.63) is 64.7 Å². The molecule has 0 radical (unpaired) electrons. The predicted molar refractivity (Wildman–Crippen MR) is 82.4 cm³/mol. The normalized spacial score (nSPS) is 10.6. The summed E-state index contributed by atoms with van der Waals surface area (Å²) in [4.78, 5) is 13.4. The molecular formula is C16H18ClN2O+. The molecule has 0 aliphatic carbocycles. The van der Waals surface area contributed by atoms with Crippen LogP contribution in [-0.2, 0) is 6.54 Å². The molecule has 104 valence electrons. The van der Waals surface area contributed by atoms with Gasteiger partial charge in [0.25, 0.3) is 5.91 Å². The molecule has 2 N–H and O–H groups in total. The van der Waals surface area contributed by atoms with Crippen molar-refractivity contribution in [2.24, 2.45) is 0 Å². The Hall–Kier alpha value is -1.84. The summed E-state index contributed by atoms with van der Waals surface area (Å²) in [5.74, 6) is -0.129. The highest BCUT2D eigenvalue weighted by molar-refractivity contribution is 6.30. The van der Waals surface area contributed by atoms with E-state index in [-0.39, 0.29) is 5.91 Å². The molecule has 20 heavy (non-hydrogen) atoms. The number of benzene rings is 2. The summed E-state index contributed by atoms with van der Waals surface area (Å²) >= 11 is 5.89. The minimum Gasteiger partial charge on any atom is -0.336 e. The third-order valence-corrected chi connectivity index (χ3v) is 3.09. The fraction of sp³-hybridized carbons (Fsp3) is 0.188. The third-order valence-electron chi connectivity index (χ3n) is 2.86. The molecule has 2 aromatic rings. The van der Waals surface area contributed by atoms with Gasteiger partial charge in [-0.3, -0.25) is 4.79 Å². The molecule has 0 saturated heterocycles. The van der Waals surface area contributed by atoms with E-state index in [4.69, 9.17) is 11.6 Å². The number of carbonyl (C=O) groups is 1. The van der Waals surface area contributed by atoms with Gasteiger partial charge >= 0.3 is 0 Å². The zero-order valence-corrected chi connectivity index (χ0v) is 12.4. The molecule has 0 aromatic heterocycles. The van der Waals surface area contributed by atoms with Crippen LogP contribution in [0.15, 0.2) is 48.5 Å². The smallest absolute Gasteiger partial charge is 0.255 e. The van der Waals surface area contributed by atoms with E-state index in [1.165, 1.54) is 10.5 Å². The summed E-state index contributed by atoms with van der Waals surface area (Å²) in [5.41, 5.74) is 2.55. The lowest BCUT2D eigenvalue weighted by Crippen LogP contribution is -3.04. The summed E-state index contributed by atoms with van der Waals surface area (Å²) in [5, 5.41) is 3.43. The summed E-state index contributed by atoms with van der Waals surface area (Å²) in [6.45, 7) is 0.941. The van der Waals surface area contributed by atoms with Gasteiger partial charge in [0.2, 0.25) is 0 Å². The molecular weight excluding hydrogens is 272 g/mol. The molecule has 0 unspecified atom stereocenters. The van der Waals surface area contributed by atoms with Gasteiger partial charge in [-0.25, -0.2) is 0 Å². The average molecular weight is 290 g/mol. The molecule has 0 heterocycles. The topological polar surface area (TPSA) is 33.5 Å². The molecule has 0 atom stereocenters. The maximum absolute atomic E-state index is 12.1. The number of anilines is 1. The highest BCUT2D eigenvalue weighted by Gasteiger charge is 2.07. The maximum Gasteiger partial charge on any atom is 0.255 e. The Kier molecular flexibility index (Phi) is 4.77. The molecule has 0 aliphatic heterocycles. The molecule has 2 aromatic carbocycles. The van der Waals surface area contributed by atoms with Crippen LogP contribution in [0.4, 0.5) is 5.69 Å². The van der Waals surface area contributed by atoms with E-state index in [1.54, 1.807) is 18.2 Å². The highest BCUT2D eigenvalue weighted by Crippen LogP contribution is 2.16. The second-order valence-corrected chi connectivity index (χ2v) is 5.48. The van der Waals surface area contributed by atoms with Crippen molar-refractivity contribution < 1.29 is 9.69 Å². The number of nitrogens with one attached hydrogen (secondary N) is 2.